The van der Waals surface area contributed by atoms with E-state index in [-0.39, 0.29) is 5.84 Å². The predicted molar refractivity (Wildman–Crippen MR) is 141 cm³/mol. The van der Waals surface area contributed by atoms with E-state index in [1.54, 1.807) is 0 Å². The van der Waals surface area contributed by atoms with Gasteiger partial charge in [0.2, 0.25) is 0 Å². The first-order chi connectivity index (χ1) is 17.6. The summed E-state index contributed by atoms with van der Waals surface area (Å²) in [6.45, 7) is 3.36. The van der Waals surface area contributed by atoms with Crippen LogP contribution >= 0.6 is 0 Å². The molecule has 8 nitrogen and oxygen atoms in total. The van der Waals surface area contributed by atoms with Gasteiger partial charge in [-0.2, -0.15) is 4.99 Å². The maximum Gasteiger partial charge on any atom is 0.432 e. The standard InChI is InChI=1S/C28H31N5O3/c29-27(31-28(34)35)26-25-18-24(7-6-21(25)12-17-33(26)23-4-2-1-3-5-23)36-19-20-10-15-32(16-11-20)22-8-13-30-14-9-22/h1-9,13-14,18,20,26H,10-12,15-17,19H2,(H2,29,31)(H,34,35). The molecule has 0 saturated carbocycles. The summed E-state index contributed by atoms with van der Waals surface area (Å²) in [7, 11) is 0. The van der Waals surface area contributed by atoms with Gasteiger partial charge < -0.3 is 25.4 Å². The first-order valence-corrected chi connectivity index (χ1v) is 12.4. The number of carboxylic acid groups (broad SMARTS) is 1. The Hall–Kier alpha value is -4.07. The molecule has 1 unspecified atom stereocenters. The monoisotopic (exact) mass is 485 g/mol. The number of aromatic nitrogens is 1. The molecule has 1 aromatic heterocycles. The Balaban J connectivity index is 1.31. The second-order valence-corrected chi connectivity index (χ2v) is 9.31. The lowest BCUT2D eigenvalue weighted by molar-refractivity contribution is 0.205. The molecule has 3 heterocycles. The molecule has 1 saturated heterocycles. The zero-order valence-corrected chi connectivity index (χ0v) is 20.2. The molecule has 186 valence electrons. The van der Waals surface area contributed by atoms with Gasteiger partial charge >= 0.3 is 6.09 Å². The van der Waals surface area contributed by atoms with Crippen LogP contribution < -0.4 is 20.3 Å². The van der Waals surface area contributed by atoms with Gasteiger partial charge in [0, 0.05) is 43.4 Å². The Morgan fingerprint density at radius 1 is 1.03 bits per heavy atom. The third-order valence-corrected chi connectivity index (χ3v) is 7.07. The number of ether oxygens (including phenoxy) is 1. The summed E-state index contributed by atoms with van der Waals surface area (Å²) in [6, 6.07) is 19.6. The van der Waals surface area contributed by atoms with Crippen LogP contribution in [-0.4, -0.2) is 48.3 Å². The van der Waals surface area contributed by atoms with E-state index in [0.717, 1.165) is 54.9 Å². The number of amidine groups is 1. The molecule has 1 fully saturated rings. The van der Waals surface area contributed by atoms with Gasteiger partial charge in [0.1, 0.15) is 17.6 Å². The van der Waals surface area contributed by atoms with Gasteiger partial charge in [-0.25, -0.2) is 4.79 Å². The van der Waals surface area contributed by atoms with Gasteiger partial charge in [0.15, 0.2) is 0 Å². The summed E-state index contributed by atoms with van der Waals surface area (Å²) < 4.78 is 6.26. The Bertz CT molecular complexity index is 1210. The fourth-order valence-corrected chi connectivity index (χ4v) is 5.20. The van der Waals surface area contributed by atoms with Crippen LogP contribution in [0.5, 0.6) is 5.75 Å². The van der Waals surface area contributed by atoms with E-state index in [4.69, 9.17) is 10.5 Å². The first kappa shape index (κ1) is 23.7. The molecule has 0 bridgehead atoms. The van der Waals surface area contributed by atoms with Crippen molar-refractivity contribution >= 4 is 23.3 Å². The SMILES string of the molecule is NC(=NC(=O)O)C1c2cc(OCC3CCN(c4ccncc4)CC3)ccc2CCN1c1ccccc1. The number of nitrogens with two attached hydrogens (primary N) is 1. The lowest BCUT2D eigenvalue weighted by Gasteiger charge is -2.38. The number of hydrogen-bond donors (Lipinski definition) is 2. The van der Waals surface area contributed by atoms with Gasteiger partial charge in [-0.15, -0.1) is 0 Å². The molecular formula is C28H31N5O3. The van der Waals surface area contributed by atoms with Crippen LogP contribution in [-0.2, 0) is 6.42 Å². The van der Waals surface area contributed by atoms with E-state index in [1.807, 2.05) is 54.9 Å². The normalized spacial score (nSPS) is 18.6. The maximum atomic E-state index is 11.3. The van der Waals surface area contributed by atoms with Crippen molar-refractivity contribution in [2.24, 2.45) is 16.6 Å². The second kappa shape index (κ2) is 10.7. The summed E-state index contributed by atoms with van der Waals surface area (Å²) in [5, 5.41) is 9.28. The molecule has 5 rings (SSSR count). The summed E-state index contributed by atoms with van der Waals surface area (Å²) in [6.07, 6.45) is 5.33. The van der Waals surface area contributed by atoms with E-state index in [2.05, 4.69) is 38.0 Å². The van der Waals surface area contributed by atoms with E-state index in [9.17, 15) is 9.90 Å². The van der Waals surface area contributed by atoms with Crippen LogP contribution in [0, 0.1) is 5.92 Å². The topological polar surface area (TPSA) is 104 Å². The van der Waals surface area contributed by atoms with Crippen molar-refractivity contribution in [2.45, 2.75) is 25.3 Å². The summed E-state index contributed by atoms with van der Waals surface area (Å²) in [5.74, 6) is 1.32. The Labute approximate surface area is 211 Å². The minimum atomic E-state index is -1.29. The van der Waals surface area contributed by atoms with Crippen molar-refractivity contribution in [3.63, 3.8) is 0 Å². The number of carbonyl (C=O) groups is 1. The maximum absolute atomic E-state index is 11.3. The molecule has 2 aliphatic heterocycles. The average molecular weight is 486 g/mol. The molecule has 3 aromatic rings. The van der Waals surface area contributed by atoms with Gasteiger partial charge in [-0.3, -0.25) is 4.98 Å². The number of nitrogens with zero attached hydrogens (tertiary/aromatic N) is 4. The zero-order valence-electron chi connectivity index (χ0n) is 20.2. The van der Waals surface area contributed by atoms with Crippen LogP contribution in [0.2, 0.25) is 0 Å². The van der Waals surface area contributed by atoms with Crippen molar-refractivity contribution in [3.8, 4) is 5.75 Å². The number of para-hydroxylation sites is 1. The van der Waals surface area contributed by atoms with Crippen LogP contribution in [0.1, 0.15) is 30.0 Å². The number of benzene rings is 2. The van der Waals surface area contributed by atoms with Crippen LogP contribution in [0.15, 0.2) is 78.0 Å². The molecule has 0 aliphatic carbocycles. The van der Waals surface area contributed by atoms with Crippen molar-refractivity contribution in [1.82, 2.24) is 4.98 Å². The highest BCUT2D eigenvalue weighted by molar-refractivity contribution is 5.97. The molecule has 3 N–H and O–H groups in total. The van der Waals surface area contributed by atoms with Crippen LogP contribution in [0.4, 0.5) is 16.2 Å². The quantitative estimate of drug-likeness (QED) is 0.391. The second-order valence-electron chi connectivity index (χ2n) is 9.31. The molecule has 8 heteroatoms. The highest BCUT2D eigenvalue weighted by atomic mass is 16.5. The number of anilines is 2. The lowest BCUT2D eigenvalue weighted by Crippen LogP contribution is -2.43. The molecule has 1 amide bonds. The minimum Gasteiger partial charge on any atom is -0.493 e. The molecule has 2 aromatic carbocycles. The first-order valence-electron chi connectivity index (χ1n) is 12.4. The number of rotatable bonds is 6. The largest absolute Gasteiger partial charge is 0.493 e. The number of aliphatic imine (C=N–C) groups is 1. The zero-order chi connectivity index (χ0) is 24.9. The number of hydrogen-bond acceptors (Lipinski definition) is 5. The smallest absolute Gasteiger partial charge is 0.432 e. The van der Waals surface area contributed by atoms with Gasteiger partial charge in [-0.1, -0.05) is 24.3 Å². The highest BCUT2D eigenvalue weighted by Gasteiger charge is 2.31. The predicted octanol–water partition coefficient (Wildman–Crippen LogP) is 4.52. The number of piperidine rings is 1. The number of fused-ring (bicyclic) bond motifs is 1. The Morgan fingerprint density at radius 3 is 2.50 bits per heavy atom. The van der Waals surface area contributed by atoms with Crippen LogP contribution in [0.3, 0.4) is 0 Å². The highest BCUT2D eigenvalue weighted by Crippen LogP contribution is 2.36. The Kier molecular flexibility index (Phi) is 7.02. The van der Waals surface area contributed by atoms with E-state index in [0.29, 0.717) is 19.1 Å². The van der Waals surface area contributed by atoms with Gasteiger partial charge in [0.05, 0.1) is 6.61 Å². The summed E-state index contributed by atoms with van der Waals surface area (Å²) in [4.78, 5) is 23.6. The van der Waals surface area contributed by atoms with E-state index < -0.39 is 12.1 Å². The van der Waals surface area contributed by atoms with Crippen molar-refractivity contribution in [1.29, 1.82) is 0 Å². The van der Waals surface area contributed by atoms with E-state index in [1.165, 1.54) is 5.69 Å². The lowest BCUT2D eigenvalue weighted by atomic mass is 9.91. The third-order valence-electron chi connectivity index (χ3n) is 7.07. The van der Waals surface area contributed by atoms with Crippen LogP contribution in [0.25, 0.3) is 0 Å². The molecule has 0 radical (unpaired) electrons. The van der Waals surface area contributed by atoms with Crippen molar-refractivity contribution < 1.29 is 14.6 Å². The fourth-order valence-electron chi connectivity index (χ4n) is 5.20. The fraction of sp³-hybridized carbons (Fsp3) is 0.321. The average Bonchev–Trinajstić information content (AvgIpc) is 2.92. The summed E-state index contributed by atoms with van der Waals surface area (Å²) in [5.41, 5.74) is 10.5. The number of pyridine rings is 1. The minimum absolute atomic E-state index is 0.0629. The van der Waals surface area contributed by atoms with E-state index >= 15 is 0 Å². The molecule has 1 atom stereocenters. The van der Waals surface area contributed by atoms with Gasteiger partial charge in [0.25, 0.3) is 0 Å². The molecule has 2 aliphatic rings. The molecular weight excluding hydrogens is 454 g/mol. The third kappa shape index (κ3) is 5.27. The number of amides is 1. The summed E-state index contributed by atoms with van der Waals surface area (Å²) >= 11 is 0. The molecule has 0 spiro atoms. The van der Waals surface area contributed by atoms with Crippen molar-refractivity contribution in [3.05, 3.63) is 84.2 Å². The van der Waals surface area contributed by atoms with Gasteiger partial charge in [-0.05, 0) is 72.7 Å². The van der Waals surface area contributed by atoms with Crippen molar-refractivity contribution in [2.75, 3.05) is 36.0 Å². The molecule has 36 heavy (non-hydrogen) atoms. The Morgan fingerprint density at radius 2 is 1.78 bits per heavy atom.